The second-order valence-electron chi connectivity index (χ2n) is 3.31. The summed E-state index contributed by atoms with van der Waals surface area (Å²) in [5.41, 5.74) is 0.987. The van der Waals surface area contributed by atoms with Crippen LogP contribution in [0.15, 0.2) is 30.3 Å². The molecule has 1 heterocycles. The number of benzene rings is 1. The summed E-state index contributed by atoms with van der Waals surface area (Å²) in [6.45, 7) is 2.07. The van der Waals surface area contributed by atoms with Crippen LogP contribution in [0.1, 0.15) is 6.92 Å². The lowest BCUT2D eigenvalue weighted by Crippen LogP contribution is -2.14. The van der Waals surface area contributed by atoms with E-state index < -0.39 is 0 Å². The Morgan fingerprint density at radius 3 is 2.94 bits per heavy atom. The van der Waals surface area contributed by atoms with Crippen molar-refractivity contribution < 1.29 is 14.3 Å². The molecule has 0 fully saturated rings. The van der Waals surface area contributed by atoms with Crippen molar-refractivity contribution in [2.45, 2.75) is 6.92 Å². The van der Waals surface area contributed by atoms with Gasteiger partial charge in [0.1, 0.15) is 0 Å². The number of esters is 1. The zero-order valence-electron chi connectivity index (χ0n) is 9.03. The van der Waals surface area contributed by atoms with Gasteiger partial charge in [-0.3, -0.25) is 0 Å². The van der Waals surface area contributed by atoms with Crippen molar-refractivity contribution in [2.75, 3.05) is 13.2 Å². The summed E-state index contributed by atoms with van der Waals surface area (Å²) in [5.74, 6) is 0.218. The summed E-state index contributed by atoms with van der Waals surface area (Å²) >= 11 is 0. The van der Waals surface area contributed by atoms with Gasteiger partial charge in [0.2, 0.25) is 0 Å². The standard InChI is InChI=1S/C12H13NO3/c1-2-15-12(14)8-16-11-7-9-5-3-4-6-10(9)13-11/h3-7,13H,2,8H2,1H3. The maximum absolute atomic E-state index is 11.1. The van der Waals surface area contributed by atoms with Gasteiger partial charge in [0, 0.05) is 17.0 Å². The number of carbonyl (C=O) groups is 1. The van der Waals surface area contributed by atoms with Crippen LogP contribution in [-0.4, -0.2) is 24.2 Å². The Labute approximate surface area is 93.2 Å². The molecule has 1 aromatic carbocycles. The molecule has 0 aliphatic carbocycles. The number of hydrogen-bond acceptors (Lipinski definition) is 3. The molecule has 1 N–H and O–H groups in total. The average molecular weight is 219 g/mol. The highest BCUT2D eigenvalue weighted by Crippen LogP contribution is 2.19. The SMILES string of the molecule is CCOC(=O)COc1cc2ccccc2[nH]1. The summed E-state index contributed by atoms with van der Waals surface area (Å²) < 4.78 is 10.0. The number of rotatable bonds is 4. The molecule has 0 bridgehead atoms. The van der Waals surface area contributed by atoms with E-state index in [9.17, 15) is 4.79 Å². The van der Waals surface area contributed by atoms with E-state index in [-0.39, 0.29) is 12.6 Å². The van der Waals surface area contributed by atoms with Crippen molar-refractivity contribution in [1.82, 2.24) is 4.98 Å². The molecule has 0 saturated carbocycles. The molecule has 84 valence electrons. The molecule has 16 heavy (non-hydrogen) atoms. The van der Waals surface area contributed by atoms with Crippen LogP contribution in [-0.2, 0) is 9.53 Å². The predicted octanol–water partition coefficient (Wildman–Crippen LogP) is 2.11. The zero-order chi connectivity index (χ0) is 11.4. The van der Waals surface area contributed by atoms with E-state index in [0.717, 1.165) is 10.9 Å². The van der Waals surface area contributed by atoms with E-state index in [1.807, 2.05) is 30.3 Å². The van der Waals surface area contributed by atoms with Crippen LogP contribution in [0.2, 0.25) is 0 Å². The van der Waals surface area contributed by atoms with Gasteiger partial charge in [-0.25, -0.2) is 4.79 Å². The van der Waals surface area contributed by atoms with Crippen LogP contribution in [0.3, 0.4) is 0 Å². The van der Waals surface area contributed by atoms with Gasteiger partial charge in [-0.1, -0.05) is 18.2 Å². The summed E-state index contributed by atoms with van der Waals surface area (Å²) in [7, 11) is 0. The van der Waals surface area contributed by atoms with Crippen LogP contribution in [0.25, 0.3) is 10.9 Å². The van der Waals surface area contributed by atoms with E-state index in [0.29, 0.717) is 12.5 Å². The summed E-state index contributed by atoms with van der Waals surface area (Å²) in [6, 6.07) is 9.67. The number of H-pyrrole nitrogens is 1. The Morgan fingerprint density at radius 2 is 2.19 bits per heavy atom. The van der Waals surface area contributed by atoms with Crippen molar-refractivity contribution in [3.63, 3.8) is 0 Å². The van der Waals surface area contributed by atoms with E-state index >= 15 is 0 Å². The number of fused-ring (bicyclic) bond motifs is 1. The van der Waals surface area contributed by atoms with Gasteiger partial charge in [-0.15, -0.1) is 0 Å². The van der Waals surface area contributed by atoms with Crippen molar-refractivity contribution in [1.29, 1.82) is 0 Å². The largest absolute Gasteiger partial charge is 0.467 e. The van der Waals surface area contributed by atoms with Crippen molar-refractivity contribution in [3.8, 4) is 5.88 Å². The minimum atomic E-state index is -0.360. The van der Waals surface area contributed by atoms with Gasteiger partial charge in [0.15, 0.2) is 12.5 Å². The number of aromatic nitrogens is 1. The minimum absolute atomic E-state index is 0.0688. The molecule has 0 unspecified atom stereocenters. The topological polar surface area (TPSA) is 51.3 Å². The lowest BCUT2D eigenvalue weighted by Gasteiger charge is -2.02. The normalized spacial score (nSPS) is 10.3. The molecule has 0 radical (unpaired) electrons. The number of hydrogen-bond donors (Lipinski definition) is 1. The minimum Gasteiger partial charge on any atom is -0.467 e. The molecule has 0 saturated heterocycles. The second kappa shape index (κ2) is 4.70. The maximum Gasteiger partial charge on any atom is 0.344 e. The van der Waals surface area contributed by atoms with E-state index in [1.54, 1.807) is 6.92 Å². The molecular weight excluding hydrogens is 206 g/mol. The lowest BCUT2D eigenvalue weighted by molar-refractivity contribution is -0.145. The second-order valence-corrected chi connectivity index (χ2v) is 3.31. The fraction of sp³-hybridized carbons (Fsp3) is 0.250. The molecule has 0 spiro atoms. The monoisotopic (exact) mass is 219 g/mol. The van der Waals surface area contributed by atoms with Gasteiger partial charge in [-0.2, -0.15) is 0 Å². The molecule has 0 aliphatic rings. The average Bonchev–Trinajstić information content (AvgIpc) is 2.69. The van der Waals surface area contributed by atoms with Crippen molar-refractivity contribution in [3.05, 3.63) is 30.3 Å². The first kappa shape index (κ1) is 10.5. The van der Waals surface area contributed by atoms with E-state index in [1.165, 1.54) is 0 Å². The summed E-state index contributed by atoms with van der Waals surface area (Å²) in [6.07, 6.45) is 0. The van der Waals surface area contributed by atoms with E-state index in [2.05, 4.69) is 4.98 Å². The molecule has 2 rings (SSSR count). The first-order chi connectivity index (χ1) is 7.79. The molecule has 0 amide bonds. The fourth-order valence-electron chi connectivity index (χ4n) is 1.46. The highest BCUT2D eigenvalue weighted by Gasteiger charge is 2.05. The smallest absolute Gasteiger partial charge is 0.344 e. The maximum atomic E-state index is 11.1. The third-order valence-electron chi connectivity index (χ3n) is 2.16. The van der Waals surface area contributed by atoms with Gasteiger partial charge < -0.3 is 14.5 Å². The summed E-state index contributed by atoms with van der Waals surface area (Å²) in [5, 5.41) is 1.06. The first-order valence-electron chi connectivity index (χ1n) is 5.16. The van der Waals surface area contributed by atoms with Gasteiger partial charge >= 0.3 is 5.97 Å². The van der Waals surface area contributed by atoms with Crippen LogP contribution < -0.4 is 4.74 Å². The molecule has 1 aromatic heterocycles. The molecular formula is C12H13NO3. The number of nitrogens with one attached hydrogen (secondary N) is 1. The van der Waals surface area contributed by atoms with Crippen LogP contribution in [0.4, 0.5) is 0 Å². The predicted molar refractivity (Wildman–Crippen MR) is 60.4 cm³/mol. The Kier molecular flexibility index (Phi) is 3.10. The number of ether oxygens (including phenoxy) is 2. The Hall–Kier alpha value is -1.97. The molecule has 0 aliphatic heterocycles. The number of carbonyl (C=O) groups excluding carboxylic acids is 1. The number of aromatic amines is 1. The lowest BCUT2D eigenvalue weighted by atomic mass is 10.3. The van der Waals surface area contributed by atoms with Crippen molar-refractivity contribution >= 4 is 16.9 Å². The highest BCUT2D eigenvalue weighted by atomic mass is 16.6. The molecule has 0 atom stereocenters. The third kappa shape index (κ3) is 2.34. The van der Waals surface area contributed by atoms with Gasteiger partial charge in [0.25, 0.3) is 0 Å². The Morgan fingerprint density at radius 1 is 1.38 bits per heavy atom. The molecule has 4 heteroatoms. The van der Waals surface area contributed by atoms with Crippen LogP contribution in [0, 0.1) is 0 Å². The van der Waals surface area contributed by atoms with Crippen LogP contribution >= 0.6 is 0 Å². The fourth-order valence-corrected chi connectivity index (χ4v) is 1.46. The zero-order valence-corrected chi connectivity index (χ0v) is 9.03. The summed E-state index contributed by atoms with van der Waals surface area (Å²) in [4.78, 5) is 14.1. The highest BCUT2D eigenvalue weighted by molar-refractivity contribution is 5.81. The quantitative estimate of drug-likeness (QED) is 0.801. The third-order valence-corrected chi connectivity index (χ3v) is 2.16. The Balaban J connectivity index is 2.02. The molecule has 4 nitrogen and oxygen atoms in total. The van der Waals surface area contributed by atoms with Gasteiger partial charge in [-0.05, 0) is 13.0 Å². The Bertz CT molecular complexity index is 457. The molecule has 2 aromatic rings. The van der Waals surface area contributed by atoms with Gasteiger partial charge in [0.05, 0.1) is 6.61 Å². The number of para-hydroxylation sites is 1. The van der Waals surface area contributed by atoms with Crippen LogP contribution in [0.5, 0.6) is 5.88 Å². The first-order valence-corrected chi connectivity index (χ1v) is 5.16. The van der Waals surface area contributed by atoms with E-state index in [4.69, 9.17) is 9.47 Å². The van der Waals surface area contributed by atoms with Crippen molar-refractivity contribution in [2.24, 2.45) is 0 Å².